The molecule has 13 heavy (non-hydrogen) atoms. The monoisotopic (exact) mass is 255 g/mol. The molecule has 0 aromatic carbocycles. The van der Waals surface area contributed by atoms with Gasteiger partial charge in [0.05, 0.1) is 4.63 Å². The van der Waals surface area contributed by atoms with Gasteiger partial charge >= 0.3 is 0 Å². The fourth-order valence-electron chi connectivity index (χ4n) is 0.715. The smallest absolute Gasteiger partial charge is 0.234 e. The van der Waals surface area contributed by atoms with Gasteiger partial charge in [-0.05, 0) is 0 Å². The molecule has 0 fully saturated rings. The predicted molar refractivity (Wildman–Crippen MR) is 58.1 cm³/mol. The van der Waals surface area contributed by atoms with Crippen molar-refractivity contribution in [1.29, 1.82) is 0 Å². The fourth-order valence-corrected chi connectivity index (χ4v) is 4.55. The topological polar surface area (TPSA) is 47.0 Å². The first-order chi connectivity index (χ1) is 5.71. The van der Waals surface area contributed by atoms with Crippen LogP contribution in [0, 0.1) is 0 Å². The van der Waals surface area contributed by atoms with Gasteiger partial charge in [-0.25, -0.2) is 13.4 Å². The van der Waals surface area contributed by atoms with Gasteiger partial charge in [-0.15, -0.1) is 11.3 Å². The number of hydrogen-bond donors (Lipinski definition) is 0. The molecule has 1 aromatic rings. The van der Waals surface area contributed by atoms with E-state index in [0.29, 0.717) is 0 Å². The zero-order valence-electron chi connectivity index (χ0n) is 7.54. The van der Waals surface area contributed by atoms with Crippen LogP contribution in [0.15, 0.2) is 10.4 Å². The molecular weight excluding hydrogens is 246 g/mol. The third kappa shape index (κ3) is 2.77. The van der Waals surface area contributed by atoms with Gasteiger partial charge in [-0.3, -0.25) is 0 Å². The van der Waals surface area contributed by atoms with Crippen molar-refractivity contribution in [1.82, 2.24) is 4.98 Å². The Labute approximate surface area is 87.2 Å². The Kier molecular flexibility index (Phi) is 2.87. The molecular formula is C6H10ClNO2S2Si. The van der Waals surface area contributed by atoms with E-state index in [1.54, 1.807) is 0 Å². The van der Waals surface area contributed by atoms with Crippen LogP contribution in [-0.2, 0) is 9.05 Å². The Bertz CT molecular complexity index is 407. The van der Waals surface area contributed by atoms with Crippen LogP contribution in [0.3, 0.4) is 0 Å². The highest BCUT2D eigenvalue weighted by Gasteiger charge is 2.23. The van der Waals surface area contributed by atoms with Crippen molar-refractivity contribution >= 4 is 43.8 Å². The highest BCUT2D eigenvalue weighted by atomic mass is 35.7. The largest absolute Gasteiger partial charge is 0.279 e. The Morgan fingerprint density at radius 3 is 2.23 bits per heavy atom. The van der Waals surface area contributed by atoms with Crippen LogP contribution in [0.25, 0.3) is 0 Å². The zero-order valence-corrected chi connectivity index (χ0v) is 10.9. The predicted octanol–water partition coefficient (Wildman–Crippen LogP) is 1.62. The van der Waals surface area contributed by atoms with Crippen LogP contribution in [-0.4, -0.2) is 21.5 Å². The number of halogens is 1. The van der Waals surface area contributed by atoms with Crippen molar-refractivity contribution in [3.8, 4) is 0 Å². The number of hydrogen-bond acceptors (Lipinski definition) is 4. The summed E-state index contributed by atoms with van der Waals surface area (Å²) in [5.41, 5.74) is 0. The summed E-state index contributed by atoms with van der Waals surface area (Å²) in [5, 5.41) is 1.48. The quantitative estimate of drug-likeness (QED) is 0.596. The summed E-state index contributed by atoms with van der Waals surface area (Å²) in [6.45, 7) is 6.32. The van der Waals surface area contributed by atoms with Gasteiger partial charge in [0.15, 0.2) is 5.03 Å². The minimum absolute atomic E-state index is 0.0170. The molecule has 0 amide bonds. The molecule has 0 atom stereocenters. The molecule has 1 rings (SSSR count). The average molecular weight is 256 g/mol. The van der Waals surface area contributed by atoms with E-state index in [9.17, 15) is 8.42 Å². The highest BCUT2D eigenvalue weighted by molar-refractivity contribution is 8.13. The molecule has 0 saturated heterocycles. The minimum Gasteiger partial charge on any atom is -0.234 e. The van der Waals surface area contributed by atoms with Crippen molar-refractivity contribution < 1.29 is 8.42 Å². The Morgan fingerprint density at radius 1 is 1.46 bits per heavy atom. The minimum atomic E-state index is -3.65. The van der Waals surface area contributed by atoms with E-state index >= 15 is 0 Å². The lowest BCUT2D eigenvalue weighted by molar-refractivity contribution is 0.607. The van der Waals surface area contributed by atoms with Crippen LogP contribution in [0.2, 0.25) is 19.6 Å². The second-order valence-corrected chi connectivity index (χ2v) is 12.4. The molecule has 0 N–H and O–H groups in total. The SMILES string of the molecule is C[Si](C)(C)c1nc(S(=O)(=O)Cl)cs1. The second-order valence-electron chi connectivity index (χ2n) is 3.68. The summed E-state index contributed by atoms with van der Waals surface area (Å²) < 4.78 is 22.7. The Balaban J connectivity index is 3.16. The van der Waals surface area contributed by atoms with Crippen molar-refractivity contribution in [3.05, 3.63) is 5.38 Å². The van der Waals surface area contributed by atoms with E-state index in [4.69, 9.17) is 10.7 Å². The summed E-state index contributed by atoms with van der Waals surface area (Å²) in [6.07, 6.45) is 0. The van der Waals surface area contributed by atoms with Crippen molar-refractivity contribution in [2.45, 2.75) is 24.7 Å². The third-order valence-corrected chi connectivity index (χ3v) is 6.95. The summed E-state index contributed by atoms with van der Waals surface area (Å²) in [4.78, 5) is 4.01. The molecule has 0 saturated carbocycles. The fraction of sp³-hybridized carbons (Fsp3) is 0.500. The molecule has 3 nitrogen and oxygen atoms in total. The van der Waals surface area contributed by atoms with Gasteiger partial charge in [-0.2, -0.15) is 0 Å². The summed E-state index contributed by atoms with van der Waals surface area (Å²) >= 11 is 1.37. The number of rotatable bonds is 2. The second kappa shape index (κ2) is 3.34. The normalized spacial score (nSPS) is 13.2. The molecule has 1 aromatic heterocycles. The number of nitrogens with zero attached hydrogens (tertiary/aromatic N) is 1. The van der Waals surface area contributed by atoms with Gasteiger partial charge in [-0.1, -0.05) is 19.6 Å². The first-order valence-corrected chi connectivity index (χ1v) is 10.3. The maximum absolute atomic E-state index is 10.9. The van der Waals surface area contributed by atoms with E-state index in [2.05, 4.69) is 24.6 Å². The van der Waals surface area contributed by atoms with E-state index < -0.39 is 17.1 Å². The maximum atomic E-state index is 10.9. The molecule has 7 heteroatoms. The molecule has 0 radical (unpaired) electrons. The average Bonchev–Trinajstić information content (AvgIpc) is 2.28. The summed E-state index contributed by atoms with van der Waals surface area (Å²) in [5.74, 6) is 0. The molecule has 74 valence electrons. The molecule has 0 spiro atoms. The van der Waals surface area contributed by atoms with Crippen molar-refractivity contribution in [2.24, 2.45) is 0 Å². The maximum Gasteiger partial charge on any atom is 0.279 e. The van der Waals surface area contributed by atoms with Gasteiger partial charge < -0.3 is 0 Å². The van der Waals surface area contributed by atoms with Crippen LogP contribution >= 0.6 is 22.0 Å². The number of thiazole rings is 1. The zero-order chi connectivity index (χ0) is 10.3. The lowest BCUT2D eigenvalue weighted by atomic mass is 11.0. The van der Waals surface area contributed by atoms with Gasteiger partial charge in [0.1, 0.15) is 8.07 Å². The van der Waals surface area contributed by atoms with Crippen molar-refractivity contribution in [2.75, 3.05) is 0 Å². The molecule has 0 aliphatic heterocycles. The summed E-state index contributed by atoms with van der Waals surface area (Å²) in [7, 11) is -0.00169. The first kappa shape index (κ1) is 11.2. The molecule has 1 heterocycles. The van der Waals surface area contributed by atoms with Crippen LogP contribution < -0.4 is 4.63 Å². The Hall–Kier alpha value is 0.0869. The van der Waals surface area contributed by atoms with E-state index in [1.807, 2.05) is 0 Å². The van der Waals surface area contributed by atoms with E-state index in [1.165, 1.54) is 16.7 Å². The standard InChI is InChI=1S/C6H10ClNO2S2Si/c1-13(2,3)6-8-5(4-11-6)12(7,9)10/h4H,1-3H3. The van der Waals surface area contributed by atoms with Crippen LogP contribution in [0.5, 0.6) is 0 Å². The van der Waals surface area contributed by atoms with Gasteiger partial charge in [0.2, 0.25) is 0 Å². The Morgan fingerprint density at radius 2 is 2.00 bits per heavy atom. The summed E-state index contributed by atoms with van der Waals surface area (Å²) in [6, 6.07) is 0. The van der Waals surface area contributed by atoms with E-state index in [-0.39, 0.29) is 5.03 Å². The van der Waals surface area contributed by atoms with Gasteiger partial charge in [0, 0.05) is 16.1 Å². The molecule has 0 bridgehead atoms. The first-order valence-electron chi connectivity index (χ1n) is 3.62. The van der Waals surface area contributed by atoms with Gasteiger partial charge in [0.25, 0.3) is 9.05 Å². The van der Waals surface area contributed by atoms with Crippen LogP contribution in [0.1, 0.15) is 0 Å². The lowest BCUT2D eigenvalue weighted by Gasteiger charge is -2.10. The van der Waals surface area contributed by atoms with E-state index in [0.717, 1.165) is 4.63 Å². The highest BCUT2D eigenvalue weighted by Crippen LogP contribution is 2.15. The lowest BCUT2D eigenvalue weighted by Crippen LogP contribution is -2.37. The molecule has 0 aliphatic rings. The molecule has 0 aliphatic carbocycles. The van der Waals surface area contributed by atoms with Crippen molar-refractivity contribution in [3.63, 3.8) is 0 Å². The van der Waals surface area contributed by atoms with Crippen LogP contribution in [0.4, 0.5) is 0 Å². The number of aromatic nitrogens is 1. The third-order valence-electron chi connectivity index (χ3n) is 1.37. The molecule has 0 unspecified atom stereocenters.